The van der Waals surface area contributed by atoms with E-state index in [0.29, 0.717) is 12.6 Å². The van der Waals surface area contributed by atoms with E-state index in [2.05, 4.69) is 10.6 Å². The van der Waals surface area contributed by atoms with Gasteiger partial charge in [0, 0.05) is 13.2 Å². The molecule has 3 aliphatic rings. The first kappa shape index (κ1) is 16.1. The van der Waals surface area contributed by atoms with Crippen LogP contribution in [0.3, 0.4) is 0 Å². The summed E-state index contributed by atoms with van der Waals surface area (Å²) in [6, 6.07) is 0.440. The van der Waals surface area contributed by atoms with E-state index < -0.39 is 0 Å². The largest absolute Gasteiger partial charge is 0.384 e. The number of carbonyl (C=O) groups excluding carboxylic acids is 1. The third-order valence-electron chi connectivity index (χ3n) is 5.52. The smallest absolute Gasteiger partial charge is 0.228 e. The Labute approximate surface area is 127 Å². The molecule has 0 aromatic carbocycles. The average Bonchev–Trinajstić information content (AvgIpc) is 3.02. The van der Waals surface area contributed by atoms with Crippen molar-refractivity contribution >= 4 is 18.3 Å². The molecule has 1 heterocycles. The number of amides is 1. The van der Waals surface area contributed by atoms with Gasteiger partial charge in [-0.2, -0.15) is 0 Å². The molecule has 0 aromatic rings. The molecule has 0 aromatic heterocycles. The highest BCUT2D eigenvalue weighted by atomic mass is 35.5. The van der Waals surface area contributed by atoms with Crippen LogP contribution in [0.4, 0.5) is 0 Å². The fourth-order valence-corrected chi connectivity index (χ4v) is 4.36. The molecule has 2 aliphatic carbocycles. The molecule has 2 bridgehead atoms. The number of carbonyl (C=O) groups is 1. The molecule has 1 saturated heterocycles. The highest BCUT2D eigenvalue weighted by Crippen LogP contribution is 2.45. The standard InChI is InChI=1S/C15H26N2O2.ClH/c1-19-10-15(4-6-16-7-5-15)14(18)17-13-9-11-2-3-12(13)8-11;/h11-13,16H,2-10H2,1H3,(H,17,18);1H. The Balaban J connectivity index is 0.00000147. The van der Waals surface area contributed by atoms with E-state index in [1.54, 1.807) is 7.11 Å². The Morgan fingerprint density at radius 1 is 1.30 bits per heavy atom. The first-order chi connectivity index (χ1) is 9.23. The van der Waals surface area contributed by atoms with Gasteiger partial charge in [0.1, 0.15) is 0 Å². The second kappa shape index (κ2) is 6.63. The van der Waals surface area contributed by atoms with E-state index in [4.69, 9.17) is 4.74 Å². The minimum atomic E-state index is -0.290. The van der Waals surface area contributed by atoms with Crippen LogP contribution in [0.5, 0.6) is 0 Å². The van der Waals surface area contributed by atoms with Gasteiger partial charge in [0.2, 0.25) is 5.91 Å². The average molecular weight is 303 g/mol. The molecule has 2 N–H and O–H groups in total. The normalized spacial score (nSPS) is 34.5. The molecule has 20 heavy (non-hydrogen) atoms. The van der Waals surface area contributed by atoms with Crippen LogP contribution >= 0.6 is 12.4 Å². The van der Waals surface area contributed by atoms with Gasteiger partial charge in [0.25, 0.3) is 0 Å². The number of ether oxygens (including phenoxy) is 1. The van der Waals surface area contributed by atoms with Gasteiger partial charge in [-0.1, -0.05) is 6.42 Å². The zero-order valence-electron chi connectivity index (χ0n) is 12.3. The summed E-state index contributed by atoms with van der Waals surface area (Å²) in [5, 5.41) is 6.70. The Morgan fingerprint density at radius 2 is 2.05 bits per heavy atom. The summed E-state index contributed by atoms with van der Waals surface area (Å²) in [6.45, 7) is 2.41. The quantitative estimate of drug-likeness (QED) is 0.831. The predicted molar refractivity (Wildman–Crippen MR) is 81.0 cm³/mol. The predicted octanol–water partition coefficient (Wildman–Crippen LogP) is 1.73. The molecule has 0 spiro atoms. The van der Waals surface area contributed by atoms with Crippen LogP contribution in [0.25, 0.3) is 0 Å². The summed E-state index contributed by atoms with van der Waals surface area (Å²) in [7, 11) is 1.70. The summed E-state index contributed by atoms with van der Waals surface area (Å²) >= 11 is 0. The van der Waals surface area contributed by atoms with Crippen LogP contribution < -0.4 is 10.6 Å². The van der Waals surface area contributed by atoms with Crippen LogP contribution in [0, 0.1) is 17.3 Å². The van der Waals surface area contributed by atoms with E-state index in [1.807, 2.05) is 0 Å². The van der Waals surface area contributed by atoms with Crippen molar-refractivity contribution in [1.29, 1.82) is 0 Å². The van der Waals surface area contributed by atoms with Gasteiger partial charge < -0.3 is 15.4 Å². The van der Waals surface area contributed by atoms with Gasteiger partial charge >= 0.3 is 0 Å². The minimum absolute atomic E-state index is 0. The fourth-order valence-electron chi connectivity index (χ4n) is 4.36. The van der Waals surface area contributed by atoms with E-state index in [9.17, 15) is 4.79 Å². The van der Waals surface area contributed by atoms with Gasteiger partial charge in [0.05, 0.1) is 12.0 Å². The number of rotatable bonds is 4. The number of halogens is 1. The lowest BCUT2D eigenvalue weighted by molar-refractivity contribution is -0.137. The summed E-state index contributed by atoms with van der Waals surface area (Å²) in [5.74, 6) is 1.87. The maximum Gasteiger partial charge on any atom is 0.228 e. The molecule has 3 fully saturated rings. The second-order valence-corrected chi connectivity index (χ2v) is 6.72. The molecule has 3 atom stereocenters. The molecule has 1 aliphatic heterocycles. The van der Waals surface area contributed by atoms with Gasteiger partial charge in [-0.25, -0.2) is 0 Å². The highest BCUT2D eigenvalue weighted by Gasteiger charge is 2.44. The lowest BCUT2D eigenvalue weighted by Crippen LogP contribution is -2.53. The minimum Gasteiger partial charge on any atom is -0.384 e. The third kappa shape index (κ3) is 2.97. The third-order valence-corrected chi connectivity index (χ3v) is 5.52. The molecule has 3 rings (SSSR count). The topological polar surface area (TPSA) is 50.4 Å². The zero-order chi connectivity index (χ0) is 13.3. The van der Waals surface area contributed by atoms with Crippen LogP contribution in [0.1, 0.15) is 38.5 Å². The van der Waals surface area contributed by atoms with Crippen molar-refractivity contribution in [2.45, 2.75) is 44.6 Å². The Hall–Kier alpha value is -0.320. The maximum absolute atomic E-state index is 12.7. The van der Waals surface area contributed by atoms with Gasteiger partial charge in [-0.3, -0.25) is 4.79 Å². The molecular formula is C15H27ClN2O2. The van der Waals surface area contributed by atoms with Crippen molar-refractivity contribution in [3.63, 3.8) is 0 Å². The molecule has 5 heteroatoms. The molecule has 4 nitrogen and oxygen atoms in total. The van der Waals surface area contributed by atoms with E-state index in [-0.39, 0.29) is 23.7 Å². The van der Waals surface area contributed by atoms with Crippen molar-refractivity contribution in [3.05, 3.63) is 0 Å². The zero-order valence-corrected chi connectivity index (χ0v) is 13.1. The summed E-state index contributed by atoms with van der Waals surface area (Å²) in [4.78, 5) is 12.7. The van der Waals surface area contributed by atoms with Crippen molar-refractivity contribution in [3.8, 4) is 0 Å². The van der Waals surface area contributed by atoms with Gasteiger partial charge in [-0.15, -0.1) is 12.4 Å². The van der Waals surface area contributed by atoms with E-state index in [0.717, 1.165) is 37.8 Å². The number of nitrogens with one attached hydrogen (secondary N) is 2. The van der Waals surface area contributed by atoms with Gasteiger partial charge in [-0.05, 0) is 57.0 Å². The highest BCUT2D eigenvalue weighted by molar-refractivity contribution is 5.85. The number of hydrogen-bond donors (Lipinski definition) is 2. The first-order valence-electron chi connectivity index (χ1n) is 7.74. The summed E-state index contributed by atoms with van der Waals surface area (Å²) in [6.07, 6.45) is 7.03. The number of piperidine rings is 1. The van der Waals surface area contributed by atoms with Crippen LogP contribution in [-0.4, -0.2) is 38.8 Å². The molecule has 0 radical (unpaired) electrons. The maximum atomic E-state index is 12.7. The van der Waals surface area contributed by atoms with Gasteiger partial charge in [0.15, 0.2) is 0 Å². The van der Waals surface area contributed by atoms with E-state index >= 15 is 0 Å². The second-order valence-electron chi connectivity index (χ2n) is 6.72. The molecule has 1 amide bonds. The fraction of sp³-hybridized carbons (Fsp3) is 0.933. The van der Waals surface area contributed by atoms with E-state index in [1.165, 1.54) is 25.7 Å². The van der Waals surface area contributed by atoms with Crippen molar-refractivity contribution in [2.75, 3.05) is 26.8 Å². The Kier molecular flexibility index (Phi) is 5.32. The SMILES string of the molecule is COCC1(C(=O)NC2CC3CCC2C3)CCNCC1.Cl. The van der Waals surface area contributed by atoms with Crippen LogP contribution in [0.2, 0.25) is 0 Å². The molecule has 116 valence electrons. The van der Waals surface area contributed by atoms with Crippen molar-refractivity contribution in [2.24, 2.45) is 17.3 Å². The lowest BCUT2D eigenvalue weighted by atomic mass is 9.78. The lowest BCUT2D eigenvalue weighted by Gasteiger charge is -2.37. The summed E-state index contributed by atoms with van der Waals surface area (Å²) < 4.78 is 5.34. The molecular weight excluding hydrogens is 276 g/mol. The Morgan fingerprint density at radius 3 is 2.60 bits per heavy atom. The number of methoxy groups -OCH3 is 1. The number of hydrogen-bond acceptors (Lipinski definition) is 3. The van der Waals surface area contributed by atoms with Crippen LogP contribution in [0.15, 0.2) is 0 Å². The number of fused-ring (bicyclic) bond motifs is 2. The Bertz CT molecular complexity index is 339. The van der Waals surface area contributed by atoms with Crippen molar-refractivity contribution < 1.29 is 9.53 Å². The molecule has 2 saturated carbocycles. The monoisotopic (exact) mass is 302 g/mol. The first-order valence-corrected chi connectivity index (χ1v) is 7.74. The van der Waals surface area contributed by atoms with Crippen molar-refractivity contribution in [1.82, 2.24) is 10.6 Å². The molecule has 3 unspecified atom stereocenters. The summed E-state index contributed by atoms with van der Waals surface area (Å²) in [5.41, 5.74) is -0.290. The van der Waals surface area contributed by atoms with Crippen LogP contribution in [-0.2, 0) is 9.53 Å².